The molecule has 1 aliphatic carbocycles. The first-order valence-electron chi connectivity index (χ1n) is 6.28. The molecule has 0 atom stereocenters. The van der Waals surface area contributed by atoms with Gasteiger partial charge >= 0.3 is 0 Å². The third-order valence-electron chi connectivity index (χ3n) is 3.42. The first-order valence-corrected chi connectivity index (χ1v) is 6.28. The predicted molar refractivity (Wildman–Crippen MR) is 75.4 cm³/mol. The van der Waals surface area contributed by atoms with Gasteiger partial charge in [0.25, 0.3) is 0 Å². The van der Waals surface area contributed by atoms with Crippen molar-refractivity contribution in [3.63, 3.8) is 0 Å². The molecule has 1 aliphatic rings. The van der Waals surface area contributed by atoms with E-state index in [0.717, 1.165) is 0 Å². The molecule has 0 radical (unpaired) electrons. The molecule has 0 nitrogen and oxygen atoms in total. The average molecular weight is 220 g/mol. The first kappa shape index (κ1) is 15.2. The minimum Gasteiger partial charge on any atom is -0.0776 e. The summed E-state index contributed by atoms with van der Waals surface area (Å²) < 4.78 is 0. The molecular weight excluding hydrogens is 192 g/mol. The number of hydrogen-bond acceptors (Lipinski definition) is 0. The molecule has 92 valence electrons. The highest BCUT2D eigenvalue weighted by Crippen LogP contribution is 2.28. The van der Waals surface area contributed by atoms with Gasteiger partial charge in [-0.2, -0.15) is 0 Å². The molecule has 0 amide bonds. The predicted octanol–water partition coefficient (Wildman–Crippen LogP) is 5.15. The number of hydrogen-bond donors (Lipinski definition) is 0. The topological polar surface area (TPSA) is 0 Å². The Hall–Kier alpha value is -0.780. The second-order valence-corrected chi connectivity index (χ2v) is 4.30. The van der Waals surface area contributed by atoms with Crippen molar-refractivity contribution < 1.29 is 0 Å². The monoisotopic (exact) mass is 220 g/mol. The van der Waals surface area contributed by atoms with Crippen molar-refractivity contribution in [3.8, 4) is 0 Å². The Kier molecular flexibility index (Phi) is 6.40. The molecule has 16 heavy (non-hydrogen) atoms. The van der Waals surface area contributed by atoms with Crippen LogP contribution in [0.25, 0.3) is 0 Å². The van der Waals surface area contributed by atoms with E-state index in [1.165, 1.54) is 36.8 Å². The minimum absolute atomic E-state index is 0. The van der Waals surface area contributed by atoms with E-state index in [1.54, 1.807) is 16.7 Å². The summed E-state index contributed by atoms with van der Waals surface area (Å²) in [6.07, 6.45) is 5.39. The van der Waals surface area contributed by atoms with E-state index in [0.29, 0.717) is 0 Å². The van der Waals surface area contributed by atoms with E-state index in [1.807, 2.05) is 13.8 Å². The molecule has 1 aromatic rings. The summed E-state index contributed by atoms with van der Waals surface area (Å²) in [6.45, 7) is 10.8. The van der Waals surface area contributed by atoms with Crippen LogP contribution >= 0.6 is 0 Å². The van der Waals surface area contributed by atoms with Crippen LogP contribution in [0, 0.1) is 20.8 Å². The van der Waals surface area contributed by atoms with Crippen LogP contribution in [0.4, 0.5) is 0 Å². The van der Waals surface area contributed by atoms with Gasteiger partial charge in [-0.05, 0) is 74.3 Å². The van der Waals surface area contributed by atoms with Gasteiger partial charge in [-0.1, -0.05) is 27.3 Å². The molecule has 0 saturated heterocycles. The zero-order valence-corrected chi connectivity index (χ0v) is 10.9. The van der Waals surface area contributed by atoms with Gasteiger partial charge in [-0.3, -0.25) is 0 Å². The molecule has 0 unspecified atom stereocenters. The van der Waals surface area contributed by atoms with E-state index < -0.39 is 0 Å². The van der Waals surface area contributed by atoms with E-state index >= 15 is 0 Å². The highest BCUT2D eigenvalue weighted by Gasteiger charge is 2.14. The van der Waals surface area contributed by atoms with Crippen LogP contribution in [-0.2, 0) is 12.8 Å². The highest BCUT2D eigenvalue weighted by molar-refractivity contribution is 5.45. The lowest BCUT2D eigenvalue weighted by atomic mass is 9.84. The lowest BCUT2D eigenvalue weighted by molar-refractivity contribution is 0.677. The third kappa shape index (κ3) is 2.87. The van der Waals surface area contributed by atoms with Crippen LogP contribution in [0.15, 0.2) is 6.07 Å². The maximum Gasteiger partial charge on any atom is -0.0273 e. The second-order valence-electron chi connectivity index (χ2n) is 4.30. The van der Waals surface area contributed by atoms with Crippen molar-refractivity contribution in [1.29, 1.82) is 0 Å². The Morgan fingerprint density at radius 3 is 1.88 bits per heavy atom. The Morgan fingerprint density at radius 2 is 1.31 bits per heavy atom. The van der Waals surface area contributed by atoms with Crippen molar-refractivity contribution >= 4 is 0 Å². The van der Waals surface area contributed by atoms with Gasteiger partial charge in [0.2, 0.25) is 0 Å². The van der Waals surface area contributed by atoms with Crippen LogP contribution in [0.2, 0.25) is 0 Å². The van der Waals surface area contributed by atoms with Crippen LogP contribution in [0.5, 0.6) is 0 Å². The zero-order chi connectivity index (χ0) is 11.4. The van der Waals surface area contributed by atoms with E-state index in [-0.39, 0.29) is 7.43 Å². The largest absolute Gasteiger partial charge is 0.0776 e. The van der Waals surface area contributed by atoms with Gasteiger partial charge in [0.1, 0.15) is 0 Å². The minimum atomic E-state index is 0. The van der Waals surface area contributed by atoms with Gasteiger partial charge in [-0.15, -0.1) is 0 Å². The van der Waals surface area contributed by atoms with Crippen LogP contribution in [-0.4, -0.2) is 0 Å². The summed E-state index contributed by atoms with van der Waals surface area (Å²) in [5, 5.41) is 0. The Morgan fingerprint density at radius 1 is 0.812 bits per heavy atom. The van der Waals surface area contributed by atoms with Crippen molar-refractivity contribution in [2.45, 2.75) is 67.7 Å². The zero-order valence-electron chi connectivity index (χ0n) is 10.9. The summed E-state index contributed by atoms with van der Waals surface area (Å²) in [5.74, 6) is 0. The van der Waals surface area contributed by atoms with Gasteiger partial charge in [0.05, 0.1) is 0 Å². The molecular formula is C16H28. The molecule has 0 saturated carbocycles. The van der Waals surface area contributed by atoms with E-state index in [9.17, 15) is 0 Å². The maximum atomic E-state index is 2.35. The fourth-order valence-corrected chi connectivity index (χ4v) is 2.51. The van der Waals surface area contributed by atoms with Crippen molar-refractivity contribution in [2.24, 2.45) is 0 Å². The number of rotatable bonds is 0. The van der Waals surface area contributed by atoms with Gasteiger partial charge < -0.3 is 0 Å². The fourth-order valence-electron chi connectivity index (χ4n) is 2.51. The third-order valence-corrected chi connectivity index (χ3v) is 3.42. The first-order chi connectivity index (χ1) is 7.20. The molecule has 0 spiro atoms. The summed E-state index contributed by atoms with van der Waals surface area (Å²) in [6, 6.07) is 2.35. The molecule has 2 rings (SSSR count). The van der Waals surface area contributed by atoms with Crippen LogP contribution in [0.3, 0.4) is 0 Å². The molecule has 0 heteroatoms. The molecule has 0 N–H and O–H groups in total. The molecule has 1 aromatic carbocycles. The van der Waals surface area contributed by atoms with Crippen LogP contribution < -0.4 is 0 Å². The Labute approximate surface area is 102 Å². The van der Waals surface area contributed by atoms with Gasteiger partial charge in [0, 0.05) is 0 Å². The smallest absolute Gasteiger partial charge is 0.0273 e. The highest BCUT2D eigenvalue weighted by atomic mass is 14.2. The average Bonchev–Trinajstić information content (AvgIpc) is 2.29. The summed E-state index contributed by atoms with van der Waals surface area (Å²) in [4.78, 5) is 0. The summed E-state index contributed by atoms with van der Waals surface area (Å²) in [7, 11) is 0. The Balaban J connectivity index is 0.000000711. The normalized spacial score (nSPS) is 13.1. The lowest BCUT2D eigenvalue weighted by Gasteiger charge is -2.21. The van der Waals surface area contributed by atoms with Crippen molar-refractivity contribution in [2.75, 3.05) is 0 Å². The molecule has 0 fully saturated rings. The molecule has 0 aromatic heterocycles. The standard InChI is InChI=1S/C13H18.C2H6.CH4/c1-9-8-10(2)12-6-4-5-7-13(12)11(9)3;1-2;/h8H,4-7H2,1-3H3;1-2H3;1H4. The van der Waals surface area contributed by atoms with Gasteiger partial charge in [0.15, 0.2) is 0 Å². The lowest BCUT2D eigenvalue weighted by Crippen LogP contribution is -2.08. The van der Waals surface area contributed by atoms with E-state index in [4.69, 9.17) is 0 Å². The van der Waals surface area contributed by atoms with Crippen molar-refractivity contribution in [1.82, 2.24) is 0 Å². The quantitative estimate of drug-likeness (QED) is 0.567. The second kappa shape index (κ2) is 6.73. The van der Waals surface area contributed by atoms with Gasteiger partial charge in [-0.25, -0.2) is 0 Å². The number of fused-ring (bicyclic) bond motifs is 1. The number of benzene rings is 1. The van der Waals surface area contributed by atoms with Crippen LogP contribution in [0.1, 0.15) is 61.9 Å². The Bertz CT molecular complexity index is 334. The molecule has 0 heterocycles. The van der Waals surface area contributed by atoms with Crippen molar-refractivity contribution in [3.05, 3.63) is 33.9 Å². The molecule has 0 bridgehead atoms. The fraction of sp³-hybridized carbons (Fsp3) is 0.625. The molecule has 0 aliphatic heterocycles. The summed E-state index contributed by atoms with van der Waals surface area (Å²) >= 11 is 0. The SMILES string of the molecule is C.CC.Cc1cc(C)c2c(c1C)CCCC2. The number of aryl methyl sites for hydroxylation is 2. The summed E-state index contributed by atoms with van der Waals surface area (Å²) in [5.41, 5.74) is 7.83. The van der Waals surface area contributed by atoms with E-state index in [2.05, 4.69) is 26.8 Å². The maximum absolute atomic E-state index is 2.35.